The second-order valence-corrected chi connectivity index (χ2v) is 3.69. The molecule has 1 atom stereocenters. The molecule has 0 aliphatic heterocycles. The lowest BCUT2D eigenvalue weighted by Gasteiger charge is -2.10. The number of hydrogen-bond acceptors (Lipinski definition) is 3. The van der Waals surface area contributed by atoms with E-state index in [-0.39, 0.29) is 30.7 Å². The van der Waals surface area contributed by atoms with Crippen molar-refractivity contribution in [3.63, 3.8) is 0 Å². The van der Waals surface area contributed by atoms with Gasteiger partial charge in [-0.25, -0.2) is 0 Å². The summed E-state index contributed by atoms with van der Waals surface area (Å²) in [6.07, 6.45) is 1.68. The van der Waals surface area contributed by atoms with Crippen LogP contribution in [0.25, 0.3) is 0 Å². The van der Waals surface area contributed by atoms with Crippen molar-refractivity contribution in [3.05, 3.63) is 29.6 Å². The summed E-state index contributed by atoms with van der Waals surface area (Å²) in [5.41, 5.74) is 6.84. The Balaban J connectivity index is 0. The van der Waals surface area contributed by atoms with Crippen LogP contribution in [-0.4, -0.2) is 24.0 Å². The largest absolute Gasteiger partial charge is 0.352 e. The number of amides is 1. The van der Waals surface area contributed by atoms with Gasteiger partial charge in [-0.2, -0.15) is 0 Å². The summed E-state index contributed by atoms with van der Waals surface area (Å²) in [6, 6.07) is 3.53. The average molecular weight is 280 g/mol. The molecule has 17 heavy (non-hydrogen) atoms. The maximum absolute atomic E-state index is 11.7. The minimum atomic E-state index is -0.0825. The Morgan fingerprint density at radius 3 is 2.71 bits per heavy atom. The van der Waals surface area contributed by atoms with Crippen LogP contribution in [0.5, 0.6) is 0 Å². The van der Waals surface area contributed by atoms with E-state index < -0.39 is 0 Å². The number of nitrogens with one attached hydrogen (secondary N) is 1. The van der Waals surface area contributed by atoms with Crippen molar-refractivity contribution in [2.24, 2.45) is 11.7 Å². The summed E-state index contributed by atoms with van der Waals surface area (Å²) in [4.78, 5) is 15.8. The van der Waals surface area contributed by atoms with Gasteiger partial charge in [-0.3, -0.25) is 9.78 Å². The van der Waals surface area contributed by atoms with E-state index in [4.69, 9.17) is 5.73 Å². The predicted octanol–water partition coefficient (Wildman–Crippen LogP) is 1.56. The molecular weight excluding hydrogens is 261 g/mol. The van der Waals surface area contributed by atoms with Gasteiger partial charge >= 0.3 is 0 Å². The molecule has 1 amide bonds. The molecule has 0 bridgehead atoms. The lowest BCUT2D eigenvalue weighted by molar-refractivity contribution is 0.0947. The Labute approximate surface area is 114 Å². The van der Waals surface area contributed by atoms with Crippen molar-refractivity contribution in [1.29, 1.82) is 0 Å². The van der Waals surface area contributed by atoms with Crippen LogP contribution in [0.4, 0.5) is 0 Å². The number of carbonyl (C=O) groups excluding carboxylic acids is 1. The molecular formula is C11H19Cl2N3O. The molecule has 1 aromatic heterocycles. The first-order chi connectivity index (χ1) is 7.15. The third kappa shape index (κ3) is 5.86. The van der Waals surface area contributed by atoms with Gasteiger partial charge < -0.3 is 11.1 Å². The molecule has 0 saturated carbocycles. The molecule has 6 heteroatoms. The number of nitrogens with two attached hydrogens (primary N) is 1. The van der Waals surface area contributed by atoms with E-state index in [1.165, 1.54) is 0 Å². The van der Waals surface area contributed by atoms with Crippen LogP contribution in [0.2, 0.25) is 0 Å². The molecule has 98 valence electrons. The molecule has 1 aromatic rings. The summed E-state index contributed by atoms with van der Waals surface area (Å²) in [5, 5.41) is 2.83. The quantitative estimate of drug-likeness (QED) is 0.879. The first kappa shape index (κ1) is 18.5. The van der Waals surface area contributed by atoms with Crippen molar-refractivity contribution in [2.75, 3.05) is 13.1 Å². The van der Waals surface area contributed by atoms with E-state index in [9.17, 15) is 4.79 Å². The zero-order chi connectivity index (χ0) is 11.3. The van der Waals surface area contributed by atoms with E-state index in [1.54, 1.807) is 18.3 Å². The molecule has 1 heterocycles. The number of hydrogen-bond donors (Lipinski definition) is 2. The SMILES string of the molecule is Cc1ncccc1C(=O)NCC(C)CN.Cl.Cl. The second kappa shape index (κ2) is 9.22. The molecule has 0 aliphatic carbocycles. The van der Waals surface area contributed by atoms with Gasteiger partial charge in [0.25, 0.3) is 5.91 Å². The second-order valence-electron chi connectivity index (χ2n) is 3.69. The Bertz CT molecular complexity index is 347. The highest BCUT2D eigenvalue weighted by Gasteiger charge is 2.09. The third-order valence-electron chi connectivity index (χ3n) is 2.27. The Kier molecular flexibility index (Phi) is 10.0. The highest BCUT2D eigenvalue weighted by atomic mass is 35.5. The van der Waals surface area contributed by atoms with Crippen molar-refractivity contribution in [2.45, 2.75) is 13.8 Å². The average Bonchev–Trinajstić information content (AvgIpc) is 2.26. The number of rotatable bonds is 4. The summed E-state index contributed by atoms with van der Waals surface area (Å²) in [7, 11) is 0. The molecule has 0 fully saturated rings. The number of aromatic nitrogens is 1. The van der Waals surface area contributed by atoms with Crippen molar-refractivity contribution >= 4 is 30.7 Å². The van der Waals surface area contributed by atoms with E-state index in [0.717, 1.165) is 5.69 Å². The zero-order valence-electron chi connectivity index (χ0n) is 9.97. The van der Waals surface area contributed by atoms with Gasteiger partial charge in [0.1, 0.15) is 0 Å². The van der Waals surface area contributed by atoms with Gasteiger partial charge in [0, 0.05) is 18.4 Å². The van der Waals surface area contributed by atoms with Crippen LogP contribution in [0.1, 0.15) is 23.0 Å². The minimum Gasteiger partial charge on any atom is -0.352 e. The van der Waals surface area contributed by atoms with Gasteiger partial charge in [0.15, 0.2) is 0 Å². The first-order valence-electron chi connectivity index (χ1n) is 5.05. The Morgan fingerprint density at radius 2 is 2.18 bits per heavy atom. The molecule has 1 unspecified atom stereocenters. The van der Waals surface area contributed by atoms with Crippen molar-refractivity contribution < 1.29 is 4.79 Å². The number of nitrogens with zero attached hydrogens (tertiary/aromatic N) is 1. The third-order valence-corrected chi connectivity index (χ3v) is 2.27. The van der Waals surface area contributed by atoms with Gasteiger partial charge in [0.05, 0.1) is 5.56 Å². The zero-order valence-corrected chi connectivity index (χ0v) is 11.6. The molecule has 0 aliphatic rings. The Hall–Kier alpha value is -0.840. The fourth-order valence-electron chi connectivity index (χ4n) is 1.17. The molecule has 0 spiro atoms. The topological polar surface area (TPSA) is 68.0 Å². The van der Waals surface area contributed by atoms with Gasteiger partial charge in [-0.1, -0.05) is 6.92 Å². The molecule has 0 saturated heterocycles. The van der Waals surface area contributed by atoms with Crippen LogP contribution < -0.4 is 11.1 Å². The molecule has 0 aromatic carbocycles. The number of aryl methyl sites for hydroxylation is 1. The van der Waals surface area contributed by atoms with Crippen LogP contribution in [0.15, 0.2) is 18.3 Å². The first-order valence-corrected chi connectivity index (χ1v) is 5.05. The number of pyridine rings is 1. The van der Waals surface area contributed by atoms with E-state index >= 15 is 0 Å². The molecule has 0 radical (unpaired) electrons. The lowest BCUT2D eigenvalue weighted by Crippen LogP contribution is -2.31. The fraction of sp³-hybridized carbons (Fsp3) is 0.455. The van der Waals surface area contributed by atoms with Crippen LogP contribution in [0, 0.1) is 12.8 Å². The molecule has 1 rings (SSSR count). The summed E-state index contributed by atoms with van der Waals surface area (Å²) in [5.74, 6) is 0.215. The normalized spacial score (nSPS) is 10.8. The monoisotopic (exact) mass is 279 g/mol. The summed E-state index contributed by atoms with van der Waals surface area (Å²) < 4.78 is 0. The van der Waals surface area contributed by atoms with Gasteiger partial charge in [-0.15, -0.1) is 24.8 Å². The predicted molar refractivity (Wildman–Crippen MR) is 74.0 cm³/mol. The molecule has 3 N–H and O–H groups in total. The van der Waals surface area contributed by atoms with Crippen molar-refractivity contribution in [1.82, 2.24) is 10.3 Å². The standard InChI is InChI=1S/C11H17N3O.2ClH/c1-8(6-12)7-14-11(15)10-4-3-5-13-9(10)2;;/h3-5,8H,6-7,12H2,1-2H3,(H,14,15);2*1H. The van der Waals surface area contributed by atoms with E-state index in [0.29, 0.717) is 24.6 Å². The van der Waals surface area contributed by atoms with Crippen LogP contribution in [-0.2, 0) is 0 Å². The van der Waals surface area contributed by atoms with Gasteiger partial charge in [0.2, 0.25) is 0 Å². The van der Waals surface area contributed by atoms with Gasteiger partial charge in [-0.05, 0) is 31.5 Å². The highest BCUT2D eigenvalue weighted by molar-refractivity contribution is 5.95. The molecule has 4 nitrogen and oxygen atoms in total. The maximum Gasteiger partial charge on any atom is 0.253 e. The summed E-state index contributed by atoms with van der Waals surface area (Å²) in [6.45, 7) is 4.99. The maximum atomic E-state index is 11.7. The van der Waals surface area contributed by atoms with E-state index in [1.807, 2.05) is 13.8 Å². The fourth-order valence-corrected chi connectivity index (χ4v) is 1.17. The Morgan fingerprint density at radius 1 is 1.53 bits per heavy atom. The van der Waals surface area contributed by atoms with E-state index in [2.05, 4.69) is 10.3 Å². The number of carbonyl (C=O) groups is 1. The van der Waals surface area contributed by atoms with Crippen LogP contribution >= 0.6 is 24.8 Å². The lowest BCUT2D eigenvalue weighted by atomic mass is 10.1. The summed E-state index contributed by atoms with van der Waals surface area (Å²) >= 11 is 0. The van der Waals surface area contributed by atoms with Crippen LogP contribution in [0.3, 0.4) is 0 Å². The smallest absolute Gasteiger partial charge is 0.253 e. The minimum absolute atomic E-state index is 0. The van der Waals surface area contributed by atoms with Crippen molar-refractivity contribution in [3.8, 4) is 0 Å². The highest BCUT2D eigenvalue weighted by Crippen LogP contribution is 2.03. The number of halogens is 2.